The highest BCUT2D eigenvalue weighted by molar-refractivity contribution is 5.73. The average Bonchev–Trinajstić information content (AvgIpc) is 2.38. The highest BCUT2D eigenvalue weighted by Gasteiger charge is 2.35. The van der Waals surface area contributed by atoms with Crippen molar-refractivity contribution in [1.29, 1.82) is 0 Å². The van der Waals surface area contributed by atoms with Gasteiger partial charge in [-0.1, -0.05) is 13.8 Å². The van der Waals surface area contributed by atoms with Crippen molar-refractivity contribution in [3.05, 3.63) is 11.8 Å². The van der Waals surface area contributed by atoms with Crippen molar-refractivity contribution in [1.82, 2.24) is 5.32 Å². The normalized spacial score (nSPS) is 25.4. The lowest BCUT2D eigenvalue weighted by Crippen LogP contribution is -2.56. The first-order valence-electron chi connectivity index (χ1n) is 7.16. The lowest BCUT2D eigenvalue weighted by Gasteiger charge is -2.36. The molecule has 0 unspecified atom stereocenters. The number of hydrogen-bond acceptors (Lipinski definition) is 5. The molecule has 0 spiro atoms. The molecule has 1 aliphatic carbocycles. The van der Waals surface area contributed by atoms with E-state index in [4.69, 9.17) is 20.3 Å². The molecule has 0 saturated carbocycles. The number of ether oxygens (including phenoxy) is 2. The molecule has 4 N–H and O–H groups in total. The van der Waals surface area contributed by atoms with E-state index in [-0.39, 0.29) is 24.2 Å². The van der Waals surface area contributed by atoms with Crippen LogP contribution in [-0.4, -0.2) is 41.5 Å². The zero-order valence-corrected chi connectivity index (χ0v) is 12.7. The highest BCUT2D eigenvalue weighted by Crippen LogP contribution is 2.23. The van der Waals surface area contributed by atoms with E-state index in [1.165, 1.54) is 6.92 Å². The fourth-order valence-corrected chi connectivity index (χ4v) is 2.40. The Balaban J connectivity index is 2.93. The van der Waals surface area contributed by atoms with Crippen molar-refractivity contribution in [3.63, 3.8) is 0 Å². The number of amides is 1. The van der Waals surface area contributed by atoms with E-state index in [9.17, 15) is 9.59 Å². The molecule has 0 bridgehead atoms. The van der Waals surface area contributed by atoms with Gasteiger partial charge in [-0.2, -0.15) is 0 Å². The lowest BCUT2D eigenvalue weighted by molar-refractivity contribution is -0.121. The van der Waals surface area contributed by atoms with Crippen LogP contribution in [0, 0.1) is 0 Å². The second-order valence-corrected chi connectivity index (χ2v) is 5.13. The van der Waals surface area contributed by atoms with Gasteiger partial charge in [0.15, 0.2) is 0 Å². The van der Waals surface area contributed by atoms with Gasteiger partial charge < -0.3 is 25.6 Å². The fourth-order valence-electron chi connectivity index (χ4n) is 2.40. The number of nitrogens with one attached hydrogen (secondary N) is 1. The van der Waals surface area contributed by atoms with Crippen LogP contribution in [-0.2, 0) is 14.3 Å². The van der Waals surface area contributed by atoms with E-state index in [1.807, 2.05) is 13.8 Å². The van der Waals surface area contributed by atoms with Gasteiger partial charge in [-0.05, 0) is 18.9 Å². The lowest BCUT2D eigenvalue weighted by atomic mass is 9.92. The smallest absolute Gasteiger partial charge is 0.449 e. The van der Waals surface area contributed by atoms with Crippen molar-refractivity contribution < 1.29 is 24.2 Å². The minimum Gasteiger partial charge on any atom is -0.449 e. The molecule has 1 rings (SSSR count). The number of carbonyl (C=O) groups excluding carboxylic acids is 1. The maximum Gasteiger partial charge on any atom is 0.511 e. The van der Waals surface area contributed by atoms with Gasteiger partial charge in [0.25, 0.3) is 0 Å². The van der Waals surface area contributed by atoms with Gasteiger partial charge in [0.1, 0.15) is 11.9 Å². The summed E-state index contributed by atoms with van der Waals surface area (Å²) in [4.78, 5) is 22.0. The van der Waals surface area contributed by atoms with E-state index in [0.29, 0.717) is 0 Å². The topological polar surface area (TPSA) is 111 Å². The molecule has 0 radical (unpaired) electrons. The van der Waals surface area contributed by atoms with Gasteiger partial charge in [-0.15, -0.1) is 0 Å². The van der Waals surface area contributed by atoms with Crippen LogP contribution in [0.25, 0.3) is 0 Å². The third kappa shape index (κ3) is 5.35. The number of hydrogen-bond donors (Lipinski definition) is 3. The monoisotopic (exact) mass is 300 g/mol. The molecule has 1 amide bonds. The van der Waals surface area contributed by atoms with Gasteiger partial charge in [0, 0.05) is 19.4 Å². The molecule has 21 heavy (non-hydrogen) atoms. The van der Waals surface area contributed by atoms with Gasteiger partial charge >= 0.3 is 6.16 Å². The number of rotatable bonds is 6. The van der Waals surface area contributed by atoms with Crippen molar-refractivity contribution in [2.24, 2.45) is 5.73 Å². The predicted molar refractivity (Wildman–Crippen MR) is 76.6 cm³/mol. The molecule has 7 nitrogen and oxygen atoms in total. The van der Waals surface area contributed by atoms with Crippen molar-refractivity contribution in [3.8, 4) is 0 Å². The zero-order chi connectivity index (χ0) is 16.0. The maximum atomic E-state index is 11.3. The standard InChI is InChI=1S/C14H24N2O5/c1-4-9(5-2)20-12-7-10(21-14(18)19)6-11(15)13(12)16-8(3)17/h7,9,11-13H,4-6,15H2,1-3H3,(H,16,17)(H,18,19)/t11-,12+,13+/m0/s1. The van der Waals surface area contributed by atoms with E-state index in [0.717, 1.165) is 12.8 Å². The molecule has 0 saturated heterocycles. The molecule has 0 aromatic carbocycles. The Morgan fingerprint density at radius 1 is 1.48 bits per heavy atom. The van der Waals surface area contributed by atoms with Crippen LogP contribution in [0.4, 0.5) is 4.79 Å². The molecule has 0 aliphatic heterocycles. The summed E-state index contributed by atoms with van der Waals surface area (Å²) < 4.78 is 10.6. The van der Waals surface area contributed by atoms with E-state index in [2.05, 4.69) is 5.32 Å². The molecule has 0 fully saturated rings. The van der Waals surface area contributed by atoms with Crippen LogP contribution < -0.4 is 11.1 Å². The number of carbonyl (C=O) groups is 2. The summed E-state index contributed by atoms with van der Waals surface area (Å²) in [6.45, 7) is 5.42. The van der Waals surface area contributed by atoms with E-state index in [1.54, 1.807) is 6.08 Å². The van der Waals surface area contributed by atoms with Crippen LogP contribution in [0.1, 0.15) is 40.0 Å². The Morgan fingerprint density at radius 3 is 2.57 bits per heavy atom. The molecule has 1 aliphatic rings. The largest absolute Gasteiger partial charge is 0.511 e. The second-order valence-electron chi connectivity index (χ2n) is 5.13. The minimum absolute atomic E-state index is 0.0129. The first-order valence-corrected chi connectivity index (χ1v) is 7.16. The number of nitrogens with two attached hydrogens (primary N) is 1. The highest BCUT2D eigenvalue weighted by atomic mass is 16.7. The summed E-state index contributed by atoms with van der Waals surface area (Å²) >= 11 is 0. The Morgan fingerprint density at radius 2 is 2.10 bits per heavy atom. The van der Waals surface area contributed by atoms with Crippen LogP contribution in [0.2, 0.25) is 0 Å². The van der Waals surface area contributed by atoms with Crippen molar-refractivity contribution >= 4 is 12.1 Å². The maximum absolute atomic E-state index is 11.3. The van der Waals surface area contributed by atoms with Gasteiger partial charge in [0.2, 0.25) is 5.91 Å². The molecule has 7 heteroatoms. The predicted octanol–water partition coefficient (Wildman–Crippen LogP) is 1.37. The molecule has 0 heterocycles. The third-order valence-electron chi connectivity index (χ3n) is 3.45. The summed E-state index contributed by atoms with van der Waals surface area (Å²) in [6, 6.07) is -0.864. The van der Waals surface area contributed by atoms with Gasteiger partial charge in [-0.3, -0.25) is 4.79 Å². The summed E-state index contributed by atoms with van der Waals surface area (Å²) in [5.74, 6) is 0.0529. The first-order chi connectivity index (χ1) is 9.87. The third-order valence-corrected chi connectivity index (χ3v) is 3.45. The summed E-state index contributed by atoms with van der Waals surface area (Å²) in [6.07, 6.45) is 1.59. The van der Waals surface area contributed by atoms with Crippen LogP contribution >= 0.6 is 0 Å². The molecule has 3 atom stereocenters. The van der Waals surface area contributed by atoms with Crippen LogP contribution in [0.15, 0.2) is 11.8 Å². The Kier molecular flexibility index (Phi) is 6.64. The Hall–Kier alpha value is -1.60. The molecular formula is C14H24N2O5. The zero-order valence-electron chi connectivity index (χ0n) is 12.7. The van der Waals surface area contributed by atoms with Crippen LogP contribution in [0.5, 0.6) is 0 Å². The summed E-state index contributed by atoms with van der Waals surface area (Å²) in [5, 5.41) is 11.5. The Bertz CT molecular complexity index is 406. The summed E-state index contributed by atoms with van der Waals surface area (Å²) in [5.41, 5.74) is 6.03. The van der Waals surface area contributed by atoms with E-state index < -0.39 is 24.3 Å². The summed E-state index contributed by atoms with van der Waals surface area (Å²) in [7, 11) is 0. The number of carboxylic acid groups (broad SMARTS) is 1. The first kappa shape index (κ1) is 17.5. The van der Waals surface area contributed by atoms with Gasteiger partial charge in [-0.25, -0.2) is 4.79 Å². The van der Waals surface area contributed by atoms with E-state index >= 15 is 0 Å². The second kappa shape index (κ2) is 7.99. The quantitative estimate of drug-likeness (QED) is 0.639. The molecule has 120 valence electrons. The van der Waals surface area contributed by atoms with Crippen molar-refractivity contribution in [2.45, 2.75) is 64.3 Å². The molecular weight excluding hydrogens is 276 g/mol. The molecule has 0 aromatic rings. The minimum atomic E-state index is -1.38. The Labute approximate surface area is 124 Å². The SMILES string of the molecule is CCC(CC)O[C@@H]1C=C(OC(=O)O)C[C@H](N)[C@H]1NC(C)=O. The fraction of sp³-hybridized carbons (Fsp3) is 0.714. The van der Waals surface area contributed by atoms with Crippen molar-refractivity contribution in [2.75, 3.05) is 0 Å². The van der Waals surface area contributed by atoms with Gasteiger partial charge in [0.05, 0.1) is 12.1 Å². The average molecular weight is 300 g/mol. The van der Waals surface area contributed by atoms with Crippen LogP contribution in [0.3, 0.4) is 0 Å². The molecule has 0 aromatic heterocycles.